The number of nitrogens with one attached hydrogen (secondary N) is 1. The third-order valence-corrected chi connectivity index (χ3v) is 4.61. The van der Waals surface area contributed by atoms with Crippen molar-refractivity contribution in [2.75, 3.05) is 0 Å². The Morgan fingerprint density at radius 2 is 1.84 bits per heavy atom. The number of hydrogen-bond acceptors (Lipinski definition) is 1. The van der Waals surface area contributed by atoms with E-state index in [0.29, 0.717) is 0 Å². The lowest BCUT2D eigenvalue weighted by atomic mass is 9.63. The van der Waals surface area contributed by atoms with Gasteiger partial charge in [0.2, 0.25) is 5.91 Å². The van der Waals surface area contributed by atoms with Gasteiger partial charge in [0, 0.05) is 11.1 Å². The maximum atomic E-state index is 12.6. The first-order valence-corrected chi connectivity index (χ1v) is 7.57. The maximum absolute atomic E-state index is 12.6. The number of hydrogen-bond donors (Lipinski definition) is 1. The van der Waals surface area contributed by atoms with Crippen molar-refractivity contribution >= 4 is 17.5 Å². The van der Waals surface area contributed by atoms with Crippen molar-refractivity contribution in [3.8, 4) is 0 Å². The summed E-state index contributed by atoms with van der Waals surface area (Å²) in [5.41, 5.74) is 0.791. The van der Waals surface area contributed by atoms with E-state index in [4.69, 9.17) is 11.6 Å². The van der Waals surface area contributed by atoms with E-state index in [1.54, 1.807) is 0 Å². The molecule has 0 aliphatic heterocycles. The Bertz CT molecular complexity index is 433. The van der Waals surface area contributed by atoms with E-state index in [9.17, 15) is 4.79 Å². The van der Waals surface area contributed by atoms with E-state index < -0.39 is 0 Å². The van der Waals surface area contributed by atoms with Crippen LogP contribution in [0.25, 0.3) is 0 Å². The molecule has 0 radical (unpaired) electrons. The summed E-state index contributed by atoms with van der Waals surface area (Å²) in [6.45, 7) is 4.23. The molecule has 0 unspecified atom stereocenters. The molecule has 19 heavy (non-hydrogen) atoms. The lowest BCUT2D eigenvalue weighted by Crippen LogP contribution is -2.51. The average molecular weight is 280 g/mol. The van der Waals surface area contributed by atoms with Gasteiger partial charge >= 0.3 is 0 Å². The van der Waals surface area contributed by atoms with Crippen LogP contribution in [0.3, 0.4) is 0 Å². The fourth-order valence-corrected chi connectivity index (χ4v) is 2.89. The predicted octanol–water partition coefficient (Wildman–Crippen LogP) is 4.07. The predicted molar refractivity (Wildman–Crippen MR) is 79.5 cm³/mol. The molecule has 1 N–H and O–H groups in total. The van der Waals surface area contributed by atoms with Crippen LogP contribution in [-0.4, -0.2) is 11.9 Å². The molecule has 2 nitrogen and oxygen atoms in total. The molecule has 1 amide bonds. The highest BCUT2D eigenvalue weighted by molar-refractivity contribution is 6.30. The second kappa shape index (κ2) is 5.96. The van der Waals surface area contributed by atoms with Crippen molar-refractivity contribution in [1.29, 1.82) is 0 Å². The maximum Gasteiger partial charge on any atom is 0.230 e. The fraction of sp³-hybridized carbons (Fsp3) is 0.562. The highest BCUT2D eigenvalue weighted by Gasteiger charge is 2.45. The van der Waals surface area contributed by atoms with E-state index in [1.165, 1.54) is 0 Å². The molecule has 1 fully saturated rings. The number of carbonyl (C=O) groups excluding carboxylic acids is 1. The van der Waals surface area contributed by atoms with Crippen LogP contribution in [0.15, 0.2) is 24.3 Å². The van der Waals surface area contributed by atoms with Crippen LogP contribution in [0.5, 0.6) is 0 Å². The Morgan fingerprint density at radius 3 is 2.26 bits per heavy atom. The Morgan fingerprint density at radius 1 is 1.26 bits per heavy atom. The minimum atomic E-state index is -0.312. The molecular formula is C16H22ClNO. The van der Waals surface area contributed by atoms with Crippen molar-refractivity contribution in [2.45, 2.75) is 57.4 Å². The van der Waals surface area contributed by atoms with Gasteiger partial charge in [-0.15, -0.1) is 0 Å². The van der Waals surface area contributed by atoms with Crippen LogP contribution < -0.4 is 5.32 Å². The summed E-state index contributed by atoms with van der Waals surface area (Å²) >= 11 is 5.93. The number of benzene rings is 1. The van der Waals surface area contributed by atoms with Crippen LogP contribution in [-0.2, 0) is 10.2 Å². The Labute approximate surface area is 120 Å². The highest BCUT2D eigenvalue weighted by atomic mass is 35.5. The van der Waals surface area contributed by atoms with Crippen molar-refractivity contribution < 1.29 is 4.79 Å². The molecule has 0 saturated heterocycles. The van der Waals surface area contributed by atoms with Crippen molar-refractivity contribution in [3.63, 3.8) is 0 Å². The summed E-state index contributed by atoms with van der Waals surface area (Å²) in [6.07, 6.45) is 4.98. The van der Waals surface area contributed by atoms with E-state index in [-0.39, 0.29) is 17.4 Å². The summed E-state index contributed by atoms with van der Waals surface area (Å²) in [7, 11) is 0. The van der Waals surface area contributed by atoms with E-state index in [0.717, 1.165) is 42.7 Å². The molecule has 1 aliphatic rings. The lowest BCUT2D eigenvalue weighted by Gasteiger charge is -2.41. The SMILES string of the molecule is CCC(CC)NC(=O)C1(c2ccc(Cl)cc2)CCC1. The second-order valence-electron chi connectivity index (χ2n) is 5.43. The lowest BCUT2D eigenvalue weighted by molar-refractivity contribution is -0.130. The Kier molecular flexibility index (Phi) is 4.51. The molecule has 2 rings (SSSR count). The van der Waals surface area contributed by atoms with Crippen LogP contribution in [0.2, 0.25) is 5.02 Å². The molecule has 0 atom stereocenters. The number of amides is 1. The summed E-state index contributed by atoms with van der Waals surface area (Å²) in [5, 5.41) is 3.92. The van der Waals surface area contributed by atoms with Crippen LogP contribution >= 0.6 is 11.6 Å². The quantitative estimate of drug-likeness (QED) is 0.865. The van der Waals surface area contributed by atoms with Gasteiger partial charge in [-0.2, -0.15) is 0 Å². The van der Waals surface area contributed by atoms with Crippen LogP contribution in [0, 0.1) is 0 Å². The molecule has 0 bridgehead atoms. The highest BCUT2D eigenvalue weighted by Crippen LogP contribution is 2.44. The van der Waals surface area contributed by atoms with Gasteiger partial charge in [-0.25, -0.2) is 0 Å². The number of rotatable bonds is 5. The standard InChI is InChI=1S/C16H22ClNO/c1-3-14(4-2)18-15(19)16(10-5-11-16)12-6-8-13(17)9-7-12/h6-9,14H,3-5,10-11H2,1-2H3,(H,18,19). The van der Waals surface area contributed by atoms with Gasteiger partial charge in [-0.05, 0) is 43.4 Å². The van der Waals surface area contributed by atoms with Gasteiger partial charge in [-0.1, -0.05) is 44.0 Å². The van der Waals surface area contributed by atoms with Gasteiger partial charge in [0.05, 0.1) is 5.41 Å². The first-order valence-electron chi connectivity index (χ1n) is 7.19. The minimum Gasteiger partial charge on any atom is -0.353 e. The minimum absolute atomic E-state index is 0.190. The first kappa shape index (κ1) is 14.4. The molecule has 1 aromatic rings. The number of carbonyl (C=O) groups is 1. The molecular weight excluding hydrogens is 258 g/mol. The van der Waals surface area contributed by atoms with Crippen LogP contribution in [0.4, 0.5) is 0 Å². The molecule has 0 spiro atoms. The zero-order valence-corrected chi connectivity index (χ0v) is 12.5. The third kappa shape index (κ3) is 2.79. The second-order valence-corrected chi connectivity index (χ2v) is 5.87. The smallest absolute Gasteiger partial charge is 0.230 e. The summed E-state index contributed by atoms with van der Waals surface area (Å²) in [6, 6.07) is 8.03. The van der Waals surface area contributed by atoms with E-state index in [1.807, 2.05) is 24.3 Å². The summed E-state index contributed by atoms with van der Waals surface area (Å²) in [5.74, 6) is 0.190. The van der Waals surface area contributed by atoms with Crippen molar-refractivity contribution in [2.24, 2.45) is 0 Å². The van der Waals surface area contributed by atoms with Crippen LogP contribution in [0.1, 0.15) is 51.5 Å². The summed E-state index contributed by atoms with van der Waals surface area (Å²) in [4.78, 5) is 12.6. The normalized spacial score (nSPS) is 17.1. The number of halogens is 1. The average Bonchev–Trinajstić information content (AvgIpc) is 2.37. The van der Waals surface area contributed by atoms with Crippen molar-refractivity contribution in [3.05, 3.63) is 34.9 Å². The molecule has 3 heteroatoms. The van der Waals surface area contributed by atoms with Gasteiger partial charge in [0.25, 0.3) is 0 Å². The zero-order valence-electron chi connectivity index (χ0n) is 11.7. The van der Waals surface area contributed by atoms with Gasteiger partial charge in [-0.3, -0.25) is 4.79 Å². The monoisotopic (exact) mass is 279 g/mol. The summed E-state index contributed by atoms with van der Waals surface area (Å²) < 4.78 is 0. The van der Waals surface area contributed by atoms with E-state index in [2.05, 4.69) is 19.2 Å². The Balaban J connectivity index is 2.18. The zero-order chi connectivity index (χ0) is 13.9. The van der Waals surface area contributed by atoms with Gasteiger partial charge in [0.1, 0.15) is 0 Å². The van der Waals surface area contributed by atoms with E-state index >= 15 is 0 Å². The third-order valence-electron chi connectivity index (χ3n) is 4.36. The molecule has 1 aromatic carbocycles. The fourth-order valence-electron chi connectivity index (χ4n) is 2.76. The molecule has 0 aromatic heterocycles. The van der Waals surface area contributed by atoms with Gasteiger partial charge in [0.15, 0.2) is 0 Å². The molecule has 1 aliphatic carbocycles. The molecule has 0 heterocycles. The van der Waals surface area contributed by atoms with Crippen molar-refractivity contribution in [1.82, 2.24) is 5.32 Å². The topological polar surface area (TPSA) is 29.1 Å². The first-order chi connectivity index (χ1) is 9.12. The van der Waals surface area contributed by atoms with Gasteiger partial charge < -0.3 is 5.32 Å². The molecule has 104 valence electrons. The largest absolute Gasteiger partial charge is 0.353 e. The Hall–Kier alpha value is -1.02. The molecule has 1 saturated carbocycles.